The predicted octanol–water partition coefficient (Wildman–Crippen LogP) is 4.43. The van der Waals surface area contributed by atoms with Gasteiger partial charge in [0.05, 0.1) is 6.10 Å². The maximum absolute atomic E-state index is 13.8. The molecule has 24 heavy (non-hydrogen) atoms. The van der Waals surface area contributed by atoms with Crippen LogP contribution in [0.15, 0.2) is 28.0 Å². The van der Waals surface area contributed by atoms with Gasteiger partial charge in [-0.2, -0.15) is 21.6 Å². The van der Waals surface area contributed by atoms with Crippen molar-refractivity contribution >= 4 is 29.2 Å². The summed E-state index contributed by atoms with van der Waals surface area (Å²) in [7, 11) is -8.40. The zero-order valence-corrected chi connectivity index (χ0v) is 15.4. The van der Waals surface area contributed by atoms with Gasteiger partial charge in [-0.15, -0.1) is 0 Å². The van der Waals surface area contributed by atoms with Crippen LogP contribution in [0.25, 0.3) is 0 Å². The van der Waals surface area contributed by atoms with E-state index in [1.165, 1.54) is 0 Å². The van der Waals surface area contributed by atoms with Crippen LogP contribution in [0.3, 0.4) is 0 Å². The second kappa shape index (κ2) is 7.74. The summed E-state index contributed by atoms with van der Waals surface area (Å²) in [5, 5.41) is 0. The molecule has 0 saturated heterocycles. The molecule has 0 heterocycles. The summed E-state index contributed by atoms with van der Waals surface area (Å²) < 4.78 is 96.9. The first-order valence-electron chi connectivity index (χ1n) is 6.42. The lowest BCUT2D eigenvalue weighted by Gasteiger charge is -2.17. The number of hydrogen-bond acceptors (Lipinski definition) is 6. The van der Waals surface area contributed by atoms with Gasteiger partial charge in [0.2, 0.25) is 7.37 Å². The maximum atomic E-state index is 13.8. The van der Waals surface area contributed by atoms with Crippen molar-refractivity contribution in [1.82, 2.24) is 0 Å². The fourth-order valence-electron chi connectivity index (χ4n) is 1.64. The van der Waals surface area contributed by atoms with Crippen molar-refractivity contribution in [3.05, 3.63) is 24.0 Å². The molecule has 12 heteroatoms. The molecule has 138 valence electrons. The minimum atomic E-state index is -4.91. The molecule has 0 N–H and O–H groups in total. The van der Waals surface area contributed by atoms with E-state index in [-0.39, 0.29) is 0 Å². The smallest absolute Gasteiger partial charge is 0.324 e. The molecule has 5 nitrogen and oxygen atoms in total. The van der Waals surface area contributed by atoms with Crippen molar-refractivity contribution in [3.8, 4) is 0 Å². The Hall–Kier alpha value is -0.610. The number of thioether (sulfide) groups is 1. The molecule has 0 aromatic heterocycles. The highest BCUT2D eigenvalue weighted by atomic mass is 32.2. The van der Waals surface area contributed by atoms with E-state index in [9.17, 15) is 30.5 Å². The van der Waals surface area contributed by atoms with Gasteiger partial charge in [0.1, 0.15) is 17.1 Å². The van der Waals surface area contributed by atoms with Crippen LogP contribution >= 0.6 is 19.1 Å². The Labute approximate surface area is 141 Å². The largest absolute Gasteiger partial charge is 0.446 e. The van der Waals surface area contributed by atoms with Crippen LogP contribution in [0.2, 0.25) is 0 Å². The highest BCUT2D eigenvalue weighted by Crippen LogP contribution is 2.46. The number of benzene rings is 1. The van der Waals surface area contributed by atoms with Gasteiger partial charge in [-0.05, 0) is 37.7 Å². The minimum Gasteiger partial charge on any atom is -0.324 e. The van der Waals surface area contributed by atoms with Crippen LogP contribution < -0.4 is 0 Å². The molecule has 1 aromatic rings. The topological polar surface area (TPSA) is 69.7 Å². The number of halogens is 4. The summed E-state index contributed by atoms with van der Waals surface area (Å²) in [5.74, 6) is -1.40. The summed E-state index contributed by atoms with van der Waals surface area (Å²) in [4.78, 5) is -2.13. The Kier molecular flexibility index (Phi) is 6.91. The Morgan fingerprint density at radius 2 is 1.88 bits per heavy atom. The summed E-state index contributed by atoms with van der Waals surface area (Å²) in [6.07, 6.45) is -1.41. The Morgan fingerprint density at radius 3 is 2.38 bits per heavy atom. The molecule has 1 aromatic carbocycles. The average molecular weight is 410 g/mol. The maximum Gasteiger partial charge on any atom is 0.446 e. The normalized spacial score (nSPS) is 15.5. The van der Waals surface area contributed by atoms with E-state index in [0.29, 0.717) is 6.07 Å². The van der Waals surface area contributed by atoms with E-state index in [0.717, 1.165) is 18.8 Å². The fourth-order valence-corrected chi connectivity index (χ4v) is 5.67. The van der Waals surface area contributed by atoms with Crippen LogP contribution in [0.4, 0.5) is 17.6 Å². The van der Waals surface area contributed by atoms with Gasteiger partial charge in [0.25, 0.3) is 0 Å². The number of alkyl halides is 3. The molecule has 0 saturated carbocycles. The molecule has 1 rings (SSSR count). The molecule has 0 fully saturated rings. The monoisotopic (exact) mass is 410 g/mol. The highest BCUT2D eigenvalue weighted by molar-refractivity contribution is 8.00. The SMILES string of the molecule is CC(C)OP(C)(=O)COS(=O)(=O)c1c(F)cccc1SC(F)(F)F. The Morgan fingerprint density at radius 1 is 1.29 bits per heavy atom. The highest BCUT2D eigenvalue weighted by Gasteiger charge is 2.35. The lowest BCUT2D eigenvalue weighted by Crippen LogP contribution is -2.14. The van der Waals surface area contributed by atoms with Gasteiger partial charge in [0.15, 0.2) is 0 Å². The second-order valence-corrected chi connectivity index (χ2v) is 10.1. The lowest BCUT2D eigenvalue weighted by atomic mass is 10.3. The molecule has 1 atom stereocenters. The van der Waals surface area contributed by atoms with Crippen LogP contribution in [0, 0.1) is 5.82 Å². The third kappa shape index (κ3) is 6.72. The van der Waals surface area contributed by atoms with Crippen molar-refractivity contribution in [2.24, 2.45) is 0 Å². The first-order valence-corrected chi connectivity index (χ1v) is 10.9. The lowest BCUT2D eigenvalue weighted by molar-refractivity contribution is -0.0329. The van der Waals surface area contributed by atoms with Crippen molar-refractivity contribution in [2.45, 2.75) is 35.3 Å². The Bertz CT molecular complexity index is 733. The zero-order valence-electron chi connectivity index (χ0n) is 12.8. The standard InChI is InChI=1S/C12H15F4O5PS2/c1-8(2)21-22(3,17)7-20-24(18,19)11-9(13)5-4-6-10(11)23-12(14,15)16/h4-6,8H,7H2,1-3H3. The third-order valence-corrected chi connectivity index (χ3v) is 6.19. The predicted molar refractivity (Wildman–Crippen MR) is 81.2 cm³/mol. The van der Waals surface area contributed by atoms with Crippen molar-refractivity contribution in [1.29, 1.82) is 0 Å². The van der Waals surface area contributed by atoms with E-state index < -0.39 is 62.8 Å². The molecule has 0 spiro atoms. The van der Waals surface area contributed by atoms with Gasteiger partial charge >= 0.3 is 15.6 Å². The van der Waals surface area contributed by atoms with Gasteiger partial charge in [-0.1, -0.05) is 6.07 Å². The van der Waals surface area contributed by atoms with Crippen molar-refractivity contribution in [2.75, 3.05) is 13.0 Å². The van der Waals surface area contributed by atoms with Gasteiger partial charge in [0, 0.05) is 11.6 Å². The minimum absolute atomic E-state index is 0.489. The van der Waals surface area contributed by atoms with E-state index in [1.54, 1.807) is 13.8 Å². The van der Waals surface area contributed by atoms with Gasteiger partial charge in [-0.25, -0.2) is 4.39 Å². The summed E-state index contributed by atoms with van der Waals surface area (Å²) in [5.41, 5.74) is -4.82. The quantitative estimate of drug-likeness (QED) is 0.287. The molecule has 1 unspecified atom stereocenters. The number of hydrogen-bond donors (Lipinski definition) is 0. The summed E-state index contributed by atoms with van der Waals surface area (Å²) in [6, 6.07) is 2.43. The first kappa shape index (κ1) is 21.4. The molecular formula is C12H15F4O5PS2. The van der Waals surface area contributed by atoms with E-state index in [1.807, 2.05) is 0 Å². The molecular weight excluding hydrogens is 395 g/mol. The zero-order chi connectivity index (χ0) is 18.8. The fraction of sp³-hybridized carbons (Fsp3) is 0.500. The van der Waals surface area contributed by atoms with Crippen LogP contribution in [-0.2, 0) is 23.4 Å². The number of rotatable bonds is 7. The van der Waals surface area contributed by atoms with E-state index in [4.69, 9.17) is 4.52 Å². The first-order chi connectivity index (χ1) is 10.7. The molecule has 0 radical (unpaired) electrons. The second-order valence-electron chi connectivity index (χ2n) is 4.98. The molecule has 0 aliphatic carbocycles. The van der Waals surface area contributed by atoms with Crippen LogP contribution in [0.1, 0.15) is 13.8 Å². The molecule has 0 aliphatic heterocycles. The van der Waals surface area contributed by atoms with Crippen molar-refractivity contribution < 1.29 is 39.3 Å². The van der Waals surface area contributed by atoms with Gasteiger partial charge < -0.3 is 4.52 Å². The third-order valence-electron chi connectivity index (χ3n) is 2.28. The Balaban J connectivity index is 3.13. The average Bonchev–Trinajstić information content (AvgIpc) is 2.33. The summed E-state index contributed by atoms with van der Waals surface area (Å²) >= 11 is -0.787. The van der Waals surface area contributed by atoms with E-state index in [2.05, 4.69) is 4.18 Å². The van der Waals surface area contributed by atoms with E-state index >= 15 is 0 Å². The summed E-state index contributed by atoms with van der Waals surface area (Å²) in [6.45, 7) is 4.22. The molecule has 0 amide bonds. The van der Waals surface area contributed by atoms with Crippen LogP contribution in [0.5, 0.6) is 0 Å². The van der Waals surface area contributed by atoms with Gasteiger partial charge in [-0.3, -0.25) is 8.75 Å². The molecule has 0 aliphatic rings. The molecule has 0 bridgehead atoms. The van der Waals surface area contributed by atoms with Crippen molar-refractivity contribution in [3.63, 3.8) is 0 Å². The van der Waals surface area contributed by atoms with Crippen LogP contribution in [-0.4, -0.2) is 33.0 Å².